The molecule has 2 aromatic rings. The lowest BCUT2D eigenvalue weighted by Gasteiger charge is -2.27. The quantitative estimate of drug-likeness (QED) is 0.889. The smallest absolute Gasteiger partial charge is 0.226 e. The summed E-state index contributed by atoms with van der Waals surface area (Å²) in [5.74, 6) is 1.05. The normalized spacial score (nSPS) is 21.1. The van der Waals surface area contributed by atoms with Crippen LogP contribution in [0.25, 0.3) is 11.3 Å². The van der Waals surface area contributed by atoms with Crippen LogP contribution < -0.4 is 5.32 Å². The second-order valence-electron chi connectivity index (χ2n) is 6.19. The standard InChI is InChI=1S/C18H22N2O3/c21-12-13-6-8-15(9-7-13)19-18(22)11-16-10-17(23-20-16)14-4-2-1-3-5-14/h1-5,10,13,15,21H,6-9,11-12H2,(H,19,22). The molecule has 1 aromatic heterocycles. The van der Waals surface area contributed by atoms with E-state index in [2.05, 4.69) is 10.5 Å². The molecule has 0 saturated heterocycles. The summed E-state index contributed by atoms with van der Waals surface area (Å²) in [6.45, 7) is 0.252. The predicted octanol–water partition coefficient (Wildman–Crippen LogP) is 2.55. The maximum absolute atomic E-state index is 12.1. The van der Waals surface area contributed by atoms with E-state index in [4.69, 9.17) is 9.63 Å². The monoisotopic (exact) mass is 314 g/mol. The molecule has 1 saturated carbocycles. The van der Waals surface area contributed by atoms with Crippen LogP contribution in [0.5, 0.6) is 0 Å². The highest BCUT2D eigenvalue weighted by molar-refractivity contribution is 5.78. The van der Waals surface area contributed by atoms with Gasteiger partial charge in [-0.2, -0.15) is 0 Å². The Morgan fingerprint density at radius 2 is 1.96 bits per heavy atom. The Hall–Kier alpha value is -2.14. The molecule has 1 aliphatic carbocycles. The Morgan fingerprint density at radius 1 is 1.22 bits per heavy atom. The van der Waals surface area contributed by atoms with Crippen molar-refractivity contribution >= 4 is 5.91 Å². The second kappa shape index (κ2) is 7.42. The van der Waals surface area contributed by atoms with Crippen LogP contribution in [-0.2, 0) is 11.2 Å². The Balaban J connectivity index is 1.52. The van der Waals surface area contributed by atoms with Crippen LogP contribution in [0, 0.1) is 5.92 Å². The van der Waals surface area contributed by atoms with E-state index in [0.29, 0.717) is 17.4 Å². The van der Waals surface area contributed by atoms with Gasteiger partial charge in [-0.1, -0.05) is 35.5 Å². The van der Waals surface area contributed by atoms with Gasteiger partial charge in [-0.15, -0.1) is 0 Å². The number of aliphatic hydroxyl groups is 1. The summed E-state index contributed by atoms with van der Waals surface area (Å²) < 4.78 is 5.31. The summed E-state index contributed by atoms with van der Waals surface area (Å²) in [5.41, 5.74) is 1.60. The first-order chi connectivity index (χ1) is 11.2. The SMILES string of the molecule is O=C(Cc1cc(-c2ccccc2)on1)NC1CCC(CO)CC1. The first kappa shape index (κ1) is 15.7. The summed E-state index contributed by atoms with van der Waals surface area (Å²) in [7, 11) is 0. The van der Waals surface area contributed by atoms with Gasteiger partial charge in [0.2, 0.25) is 5.91 Å². The van der Waals surface area contributed by atoms with Gasteiger partial charge in [0.15, 0.2) is 5.76 Å². The highest BCUT2D eigenvalue weighted by Gasteiger charge is 2.22. The fourth-order valence-electron chi connectivity index (χ4n) is 3.07. The van der Waals surface area contributed by atoms with Gasteiger partial charge >= 0.3 is 0 Å². The molecule has 2 N–H and O–H groups in total. The molecule has 1 aromatic carbocycles. The molecule has 1 aliphatic rings. The van der Waals surface area contributed by atoms with Gasteiger partial charge in [0.05, 0.1) is 12.1 Å². The topological polar surface area (TPSA) is 75.4 Å². The van der Waals surface area contributed by atoms with Crippen LogP contribution in [0.4, 0.5) is 0 Å². The number of aromatic nitrogens is 1. The van der Waals surface area contributed by atoms with Gasteiger partial charge in [-0.05, 0) is 31.6 Å². The van der Waals surface area contributed by atoms with Gasteiger partial charge < -0.3 is 14.9 Å². The fraction of sp³-hybridized carbons (Fsp3) is 0.444. The number of amides is 1. The fourth-order valence-corrected chi connectivity index (χ4v) is 3.07. The number of nitrogens with zero attached hydrogens (tertiary/aromatic N) is 1. The van der Waals surface area contributed by atoms with Crippen LogP contribution in [0.2, 0.25) is 0 Å². The lowest BCUT2D eigenvalue weighted by molar-refractivity contribution is -0.121. The van der Waals surface area contributed by atoms with Gasteiger partial charge in [-0.3, -0.25) is 4.79 Å². The van der Waals surface area contributed by atoms with Crippen molar-refractivity contribution in [1.82, 2.24) is 10.5 Å². The largest absolute Gasteiger partial charge is 0.396 e. The molecule has 5 heteroatoms. The minimum absolute atomic E-state index is 0.0228. The van der Waals surface area contributed by atoms with Crippen LogP contribution in [0.15, 0.2) is 40.9 Å². The van der Waals surface area contributed by atoms with Gasteiger partial charge in [0.1, 0.15) is 0 Å². The van der Waals surface area contributed by atoms with E-state index >= 15 is 0 Å². The van der Waals surface area contributed by atoms with Gasteiger partial charge in [0.25, 0.3) is 0 Å². The first-order valence-electron chi connectivity index (χ1n) is 8.16. The minimum atomic E-state index is -0.0228. The maximum Gasteiger partial charge on any atom is 0.226 e. The van der Waals surface area contributed by atoms with Crippen LogP contribution in [-0.4, -0.2) is 28.8 Å². The Bertz CT molecular complexity index is 631. The zero-order valence-electron chi connectivity index (χ0n) is 13.1. The zero-order valence-corrected chi connectivity index (χ0v) is 13.1. The van der Waals surface area contributed by atoms with E-state index in [0.717, 1.165) is 31.2 Å². The average Bonchev–Trinajstić information content (AvgIpc) is 3.04. The minimum Gasteiger partial charge on any atom is -0.396 e. The van der Waals surface area contributed by atoms with Crippen molar-refractivity contribution in [3.8, 4) is 11.3 Å². The molecule has 5 nitrogen and oxygen atoms in total. The summed E-state index contributed by atoms with van der Waals surface area (Å²) in [6.07, 6.45) is 4.06. The van der Waals surface area contributed by atoms with Crippen LogP contribution >= 0.6 is 0 Å². The van der Waals surface area contributed by atoms with Gasteiger partial charge in [0, 0.05) is 24.3 Å². The molecule has 0 unspecified atom stereocenters. The summed E-state index contributed by atoms with van der Waals surface area (Å²) >= 11 is 0. The van der Waals surface area contributed by atoms with E-state index in [1.54, 1.807) is 0 Å². The number of hydrogen-bond acceptors (Lipinski definition) is 4. The van der Waals surface area contributed by atoms with Crippen molar-refractivity contribution < 1.29 is 14.4 Å². The Labute approximate surface area is 135 Å². The highest BCUT2D eigenvalue weighted by Crippen LogP contribution is 2.24. The van der Waals surface area contributed by atoms with Gasteiger partial charge in [-0.25, -0.2) is 0 Å². The lowest BCUT2D eigenvalue weighted by atomic mass is 9.86. The number of benzene rings is 1. The Morgan fingerprint density at radius 3 is 2.65 bits per heavy atom. The molecule has 0 atom stereocenters. The zero-order chi connectivity index (χ0) is 16.1. The summed E-state index contributed by atoms with van der Waals surface area (Å²) in [6, 6.07) is 11.7. The number of hydrogen-bond donors (Lipinski definition) is 2. The van der Waals surface area contributed by atoms with E-state index in [1.807, 2.05) is 36.4 Å². The number of carbonyl (C=O) groups is 1. The Kier molecular flexibility index (Phi) is 5.08. The van der Waals surface area contributed by atoms with E-state index in [9.17, 15) is 4.79 Å². The average molecular weight is 314 g/mol. The first-order valence-corrected chi connectivity index (χ1v) is 8.16. The molecule has 23 heavy (non-hydrogen) atoms. The van der Waals surface area contributed by atoms with Crippen molar-refractivity contribution in [3.63, 3.8) is 0 Å². The molecule has 0 radical (unpaired) electrons. The molecule has 0 spiro atoms. The van der Waals surface area contributed by atoms with E-state index in [1.165, 1.54) is 0 Å². The van der Waals surface area contributed by atoms with Crippen molar-refractivity contribution in [2.45, 2.75) is 38.1 Å². The third-order valence-electron chi connectivity index (χ3n) is 4.43. The molecule has 0 bridgehead atoms. The van der Waals surface area contributed by atoms with Crippen molar-refractivity contribution in [1.29, 1.82) is 0 Å². The van der Waals surface area contributed by atoms with Crippen molar-refractivity contribution in [2.75, 3.05) is 6.61 Å². The molecule has 1 fully saturated rings. The highest BCUT2D eigenvalue weighted by atomic mass is 16.5. The molecule has 1 amide bonds. The lowest BCUT2D eigenvalue weighted by Crippen LogP contribution is -2.38. The molecule has 3 rings (SSSR count). The number of nitrogens with one attached hydrogen (secondary N) is 1. The third-order valence-corrected chi connectivity index (χ3v) is 4.43. The number of carbonyl (C=O) groups excluding carboxylic acids is 1. The molecule has 0 aliphatic heterocycles. The molecule has 1 heterocycles. The van der Waals surface area contributed by atoms with Crippen molar-refractivity contribution in [3.05, 3.63) is 42.1 Å². The van der Waals surface area contributed by atoms with Crippen LogP contribution in [0.3, 0.4) is 0 Å². The van der Waals surface area contributed by atoms with Crippen molar-refractivity contribution in [2.24, 2.45) is 5.92 Å². The number of rotatable bonds is 5. The molecule has 122 valence electrons. The predicted molar refractivity (Wildman–Crippen MR) is 86.6 cm³/mol. The third kappa shape index (κ3) is 4.20. The second-order valence-corrected chi connectivity index (χ2v) is 6.19. The number of aliphatic hydroxyl groups excluding tert-OH is 1. The molecular formula is C18H22N2O3. The van der Waals surface area contributed by atoms with Crippen LogP contribution in [0.1, 0.15) is 31.4 Å². The molecular weight excluding hydrogens is 292 g/mol. The summed E-state index contributed by atoms with van der Waals surface area (Å²) in [4.78, 5) is 12.1. The van der Waals surface area contributed by atoms with E-state index < -0.39 is 0 Å². The maximum atomic E-state index is 12.1. The van der Waals surface area contributed by atoms with E-state index in [-0.39, 0.29) is 25.0 Å². The summed E-state index contributed by atoms with van der Waals surface area (Å²) in [5, 5.41) is 16.2.